The molecule has 0 saturated heterocycles. The summed E-state index contributed by atoms with van der Waals surface area (Å²) in [6, 6.07) is 0. The van der Waals surface area contributed by atoms with Gasteiger partial charge in [0.25, 0.3) is 0 Å². The lowest BCUT2D eigenvalue weighted by atomic mass is 10.2. The van der Waals surface area contributed by atoms with Crippen LogP contribution in [-0.4, -0.2) is 18.7 Å². The summed E-state index contributed by atoms with van der Waals surface area (Å²) in [6.07, 6.45) is 0.0451. The zero-order valence-corrected chi connectivity index (χ0v) is 5.68. The summed E-state index contributed by atoms with van der Waals surface area (Å²) in [4.78, 5) is 10.2. The minimum Gasteiger partial charge on any atom is -0.370 e. The number of hydrogen-bond donors (Lipinski definition) is 2. The van der Waals surface area contributed by atoms with Crippen molar-refractivity contribution in [1.29, 1.82) is 0 Å². The minimum atomic E-state index is -0.911. The van der Waals surface area contributed by atoms with Crippen molar-refractivity contribution in [3.05, 3.63) is 0 Å². The molecule has 0 spiro atoms. The van der Waals surface area contributed by atoms with E-state index in [-0.39, 0.29) is 6.42 Å². The van der Waals surface area contributed by atoms with Gasteiger partial charge in [-0.2, -0.15) is 0 Å². The standard InChI is InChI=1S/C5H12N2O2/c1-5(7,9-2)3-4(6)8/h3,7H2,1-2H3,(H2,6,8). The van der Waals surface area contributed by atoms with Crippen molar-refractivity contribution >= 4 is 5.91 Å². The Hall–Kier alpha value is -0.610. The first-order valence-corrected chi connectivity index (χ1v) is 2.60. The Morgan fingerprint density at radius 2 is 2.22 bits per heavy atom. The predicted molar refractivity (Wildman–Crippen MR) is 33.4 cm³/mol. The summed E-state index contributed by atoms with van der Waals surface area (Å²) in [6.45, 7) is 1.60. The number of rotatable bonds is 3. The number of amides is 1. The molecule has 4 nitrogen and oxygen atoms in total. The Bertz CT molecular complexity index is 112. The number of methoxy groups -OCH3 is 1. The summed E-state index contributed by atoms with van der Waals surface area (Å²) in [5, 5.41) is 0. The fourth-order valence-electron chi connectivity index (χ4n) is 0.418. The number of ether oxygens (including phenoxy) is 1. The molecule has 0 aliphatic carbocycles. The van der Waals surface area contributed by atoms with Crippen LogP contribution in [0, 0.1) is 0 Å². The second-order valence-corrected chi connectivity index (χ2v) is 2.16. The molecule has 0 fully saturated rings. The number of carbonyl (C=O) groups is 1. The molecule has 0 bridgehead atoms. The molecule has 0 aromatic carbocycles. The van der Waals surface area contributed by atoms with Crippen LogP contribution in [-0.2, 0) is 9.53 Å². The Balaban J connectivity index is 3.71. The van der Waals surface area contributed by atoms with E-state index in [1.54, 1.807) is 6.92 Å². The van der Waals surface area contributed by atoms with Crippen molar-refractivity contribution in [2.75, 3.05) is 7.11 Å². The summed E-state index contributed by atoms with van der Waals surface area (Å²) >= 11 is 0. The van der Waals surface area contributed by atoms with E-state index in [1.165, 1.54) is 7.11 Å². The molecule has 1 unspecified atom stereocenters. The normalized spacial score (nSPS) is 16.8. The van der Waals surface area contributed by atoms with Crippen LogP contribution in [0.5, 0.6) is 0 Å². The Kier molecular flexibility index (Phi) is 2.61. The summed E-state index contributed by atoms with van der Waals surface area (Å²) in [5.41, 5.74) is 9.34. The van der Waals surface area contributed by atoms with Gasteiger partial charge in [0, 0.05) is 7.11 Å². The maximum absolute atomic E-state index is 10.2. The average molecular weight is 132 g/mol. The minimum absolute atomic E-state index is 0.0451. The van der Waals surface area contributed by atoms with Crippen molar-refractivity contribution < 1.29 is 9.53 Å². The first kappa shape index (κ1) is 8.39. The van der Waals surface area contributed by atoms with Crippen LogP contribution in [0.25, 0.3) is 0 Å². The first-order valence-electron chi connectivity index (χ1n) is 2.60. The van der Waals surface area contributed by atoms with Gasteiger partial charge in [-0.1, -0.05) is 0 Å². The van der Waals surface area contributed by atoms with Gasteiger partial charge >= 0.3 is 0 Å². The van der Waals surface area contributed by atoms with Gasteiger partial charge in [-0.25, -0.2) is 0 Å². The summed E-state index contributed by atoms with van der Waals surface area (Å²) in [5.74, 6) is -0.457. The largest absolute Gasteiger partial charge is 0.370 e. The molecular weight excluding hydrogens is 120 g/mol. The van der Waals surface area contributed by atoms with E-state index in [1.807, 2.05) is 0 Å². The molecule has 0 aliphatic heterocycles. The van der Waals surface area contributed by atoms with E-state index in [9.17, 15) is 4.79 Å². The van der Waals surface area contributed by atoms with E-state index in [4.69, 9.17) is 16.2 Å². The highest BCUT2D eigenvalue weighted by Crippen LogP contribution is 2.03. The molecule has 0 aromatic rings. The Morgan fingerprint density at radius 1 is 1.78 bits per heavy atom. The third-order valence-corrected chi connectivity index (χ3v) is 0.992. The van der Waals surface area contributed by atoms with Gasteiger partial charge < -0.3 is 16.2 Å². The smallest absolute Gasteiger partial charge is 0.221 e. The van der Waals surface area contributed by atoms with Crippen molar-refractivity contribution in [2.45, 2.75) is 19.1 Å². The zero-order chi connectivity index (χ0) is 7.49. The van der Waals surface area contributed by atoms with E-state index in [0.717, 1.165) is 0 Å². The third kappa shape index (κ3) is 3.93. The molecule has 1 amide bonds. The molecule has 0 aromatic heterocycles. The lowest BCUT2D eigenvalue weighted by molar-refractivity contribution is -0.123. The van der Waals surface area contributed by atoms with Crippen LogP contribution in [0.1, 0.15) is 13.3 Å². The third-order valence-electron chi connectivity index (χ3n) is 0.992. The number of hydrogen-bond acceptors (Lipinski definition) is 3. The number of primary amides is 1. The molecule has 54 valence electrons. The molecule has 1 atom stereocenters. The first-order chi connectivity index (χ1) is 3.98. The predicted octanol–water partition coefficient (Wildman–Crippen LogP) is -0.817. The lowest BCUT2D eigenvalue weighted by Crippen LogP contribution is -2.42. The summed E-state index contributed by atoms with van der Waals surface area (Å²) in [7, 11) is 1.43. The van der Waals surface area contributed by atoms with Crippen LogP contribution in [0.15, 0.2) is 0 Å². The second kappa shape index (κ2) is 2.80. The molecule has 0 aliphatic rings. The van der Waals surface area contributed by atoms with Gasteiger partial charge in [0.2, 0.25) is 5.91 Å². The highest BCUT2D eigenvalue weighted by Gasteiger charge is 2.19. The SMILES string of the molecule is COC(C)(N)CC(N)=O. The number of nitrogens with two attached hydrogens (primary N) is 2. The van der Waals surface area contributed by atoms with Gasteiger partial charge in [-0.3, -0.25) is 4.79 Å². The van der Waals surface area contributed by atoms with E-state index in [0.29, 0.717) is 0 Å². The van der Waals surface area contributed by atoms with E-state index < -0.39 is 11.6 Å². The van der Waals surface area contributed by atoms with Gasteiger partial charge in [-0.15, -0.1) is 0 Å². The fraction of sp³-hybridized carbons (Fsp3) is 0.800. The number of carbonyl (C=O) groups excluding carboxylic acids is 1. The molecule has 0 radical (unpaired) electrons. The average Bonchev–Trinajstić information content (AvgIpc) is 1.63. The highest BCUT2D eigenvalue weighted by molar-refractivity contribution is 5.74. The van der Waals surface area contributed by atoms with Gasteiger partial charge in [0.05, 0.1) is 6.42 Å². The van der Waals surface area contributed by atoms with Crippen LogP contribution < -0.4 is 11.5 Å². The molecule has 4 N–H and O–H groups in total. The molecular formula is C5H12N2O2. The molecule has 0 rings (SSSR count). The lowest BCUT2D eigenvalue weighted by Gasteiger charge is -2.19. The monoisotopic (exact) mass is 132 g/mol. The van der Waals surface area contributed by atoms with Crippen LogP contribution in [0.4, 0.5) is 0 Å². The summed E-state index contributed by atoms with van der Waals surface area (Å²) < 4.78 is 4.73. The molecule has 4 heteroatoms. The highest BCUT2D eigenvalue weighted by atomic mass is 16.5. The van der Waals surface area contributed by atoms with Gasteiger partial charge in [-0.05, 0) is 6.92 Å². The van der Waals surface area contributed by atoms with Crippen molar-refractivity contribution in [3.63, 3.8) is 0 Å². The van der Waals surface area contributed by atoms with Crippen molar-refractivity contribution in [1.82, 2.24) is 0 Å². The van der Waals surface area contributed by atoms with Crippen molar-refractivity contribution in [2.24, 2.45) is 11.5 Å². The zero-order valence-electron chi connectivity index (χ0n) is 5.68. The molecule has 0 saturated carbocycles. The Labute approximate surface area is 54.2 Å². The van der Waals surface area contributed by atoms with Crippen molar-refractivity contribution in [3.8, 4) is 0 Å². The quantitative estimate of drug-likeness (QED) is 0.492. The van der Waals surface area contributed by atoms with E-state index >= 15 is 0 Å². The van der Waals surface area contributed by atoms with Gasteiger partial charge in [0.1, 0.15) is 5.72 Å². The van der Waals surface area contributed by atoms with E-state index in [2.05, 4.69) is 0 Å². The fourth-order valence-corrected chi connectivity index (χ4v) is 0.418. The van der Waals surface area contributed by atoms with Crippen LogP contribution in [0.2, 0.25) is 0 Å². The van der Waals surface area contributed by atoms with Crippen LogP contribution >= 0.6 is 0 Å². The van der Waals surface area contributed by atoms with Gasteiger partial charge in [0.15, 0.2) is 0 Å². The Morgan fingerprint density at radius 3 is 2.33 bits per heavy atom. The second-order valence-electron chi connectivity index (χ2n) is 2.16. The topological polar surface area (TPSA) is 78.3 Å². The molecule has 0 heterocycles. The maximum Gasteiger partial charge on any atom is 0.221 e. The maximum atomic E-state index is 10.2. The molecule has 9 heavy (non-hydrogen) atoms. The van der Waals surface area contributed by atoms with Crippen LogP contribution in [0.3, 0.4) is 0 Å².